The molecular weight excluding hydrogens is 378 g/mol. The lowest BCUT2D eigenvalue weighted by Crippen LogP contribution is -2.35. The predicted octanol–water partition coefficient (Wildman–Crippen LogP) is 3.74. The molecule has 2 aromatic rings. The highest BCUT2D eigenvalue weighted by Gasteiger charge is 2.32. The Hall–Kier alpha value is -1.05. The number of hydrogen-bond acceptors (Lipinski definition) is 6. The Morgan fingerprint density at radius 3 is 2.70 bits per heavy atom. The van der Waals surface area contributed by atoms with E-state index in [1.807, 2.05) is 6.92 Å². The summed E-state index contributed by atoms with van der Waals surface area (Å²) in [7, 11) is 3.57. The highest BCUT2D eigenvalue weighted by molar-refractivity contribution is 7.84. The third-order valence-electron chi connectivity index (χ3n) is 6.06. The van der Waals surface area contributed by atoms with Crippen molar-refractivity contribution in [1.29, 1.82) is 0 Å². The minimum absolute atomic E-state index is 0.236. The van der Waals surface area contributed by atoms with E-state index in [0.717, 1.165) is 53.3 Å². The monoisotopic (exact) mass is 407 g/mol. The Labute approximate surface area is 168 Å². The second-order valence-electron chi connectivity index (χ2n) is 7.94. The van der Waals surface area contributed by atoms with Crippen LogP contribution in [0.3, 0.4) is 0 Å². The predicted molar refractivity (Wildman–Crippen MR) is 112 cm³/mol. The second-order valence-corrected chi connectivity index (χ2v) is 10.8. The minimum atomic E-state index is -0.754. The first-order valence-corrected chi connectivity index (χ1v) is 12.3. The van der Waals surface area contributed by atoms with Gasteiger partial charge in [-0.1, -0.05) is 6.92 Å². The summed E-state index contributed by atoms with van der Waals surface area (Å²) in [4.78, 5) is 13.8. The molecule has 0 spiro atoms. The van der Waals surface area contributed by atoms with Crippen molar-refractivity contribution in [2.45, 2.75) is 63.5 Å². The summed E-state index contributed by atoms with van der Waals surface area (Å²) in [5, 5.41) is 1.10. The molecule has 2 aliphatic rings. The van der Waals surface area contributed by atoms with E-state index in [9.17, 15) is 4.21 Å². The third-order valence-corrected chi connectivity index (χ3v) is 8.65. The van der Waals surface area contributed by atoms with Gasteiger partial charge in [0.05, 0.1) is 5.39 Å². The zero-order valence-corrected chi connectivity index (χ0v) is 18.1. The van der Waals surface area contributed by atoms with Crippen LogP contribution < -0.4 is 4.74 Å². The Morgan fingerprint density at radius 1 is 1.22 bits per heavy atom. The van der Waals surface area contributed by atoms with E-state index in [0.29, 0.717) is 12.0 Å². The number of aryl methyl sites for hydroxylation is 1. The van der Waals surface area contributed by atoms with Gasteiger partial charge in [0, 0.05) is 33.2 Å². The van der Waals surface area contributed by atoms with Crippen molar-refractivity contribution in [3.63, 3.8) is 0 Å². The summed E-state index contributed by atoms with van der Waals surface area (Å²) in [6.07, 6.45) is 8.51. The summed E-state index contributed by atoms with van der Waals surface area (Å²) in [5.41, 5.74) is 1.33. The molecule has 0 aromatic carbocycles. The lowest BCUT2D eigenvalue weighted by atomic mass is 9.92. The molecular formula is C20H29N3O2S2. The lowest BCUT2D eigenvalue weighted by Gasteiger charge is -2.32. The van der Waals surface area contributed by atoms with Gasteiger partial charge >= 0.3 is 0 Å². The van der Waals surface area contributed by atoms with E-state index in [4.69, 9.17) is 4.74 Å². The summed E-state index contributed by atoms with van der Waals surface area (Å²) in [5.74, 6) is 2.58. The molecule has 2 aliphatic carbocycles. The molecule has 2 atom stereocenters. The van der Waals surface area contributed by atoms with Gasteiger partial charge in [-0.05, 0) is 64.1 Å². The van der Waals surface area contributed by atoms with Gasteiger partial charge in [-0.15, -0.1) is 11.3 Å². The first-order chi connectivity index (χ1) is 13.1. The quantitative estimate of drug-likeness (QED) is 0.730. The van der Waals surface area contributed by atoms with Crippen molar-refractivity contribution < 1.29 is 8.95 Å². The van der Waals surface area contributed by atoms with Gasteiger partial charge < -0.3 is 9.64 Å². The molecule has 0 N–H and O–H groups in total. The van der Waals surface area contributed by atoms with E-state index in [1.165, 1.54) is 23.3 Å². The number of hydrogen-bond donors (Lipinski definition) is 0. The standard InChI is InChI=1S/C20H29N3O2S2/c1-4-27(24)11-13-5-10-16-17(13)18-19(21-12-22-20(18)26-16)25-15-8-6-14(7-9-15)23(2)3/h12-15H,4-11H2,1-3H3/t13-,14?,15?,27-/m0/s1. The molecule has 0 radical (unpaired) electrons. The largest absolute Gasteiger partial charge is 0.474 e. The molecule has 5 nitrogen and oxygen atoms in total. The number of aromatic nitrogens is 2. The summed E-state index contributed by atoms with van der Waals surface area (Å²) >= 11 is 1.77. The summed E-state index contributed by atoms with van der Waals surface area (Å²) in [6, 6.07) is 0.661. The normalized spacial score (nSPS) is 26.4. The van der Waals surface area contributed by atoms with E-state index < -0.39 is 10.8 Å². The highest BCUT2D eigenvalue weighted by Crippen LogP contribution is 2.46. The van der Waals surface area contributed by atoms with Crippen LogP contribution in [0.1, 0.15) is 55.4 Å². The zero-order valence-electron chi connectivity index (χ0n) is 16.4. The van der Waals surface area contributed by atoms with Crippen molar-refractivity contribution in [2.24, 2.45) is 0 Å². The SMILES string of the molecule is CC[S@](=O)C[C@@H]1CCc2sc3ncnc(OC4CCC(N(C)C)CC4)c3c21. The molecule has 0 aliphatic heterocycles. The van der Waals surface area contributed by atoms with Gasteiger partial charge in [0.15, 0.2) is 0 Å². The van der Waals surface area contributed by atoms with Crippen LogP contribution >= 0.6 is 11.3 Å². The van der Waals surface area contributed by atoms with E-state index in [-0.39, 0.29) is 6.10 Å². The van der Waals surface area contributed by atoms with Crippen molar-refractivity contribution in [1.82, 2.24) is 14.9 Å². The maximum Gasteiger partial charge on any atom is 0.225 e. The van der Waals surface area contributed by atoms with Crippen LogP contribution in [0, 0.1) is 0 Å². The molecule has 0 bridgehead atoms. The van der Waals surface area contributed by atoms with Crippen LogP contribution in [0.25, 0.3) is 10.2 Å². The Kier molecular flexibility index (Phi) is 5.81. The van der Waals surface area contributed by atoms with Crippen LogP contribution in [-0.4, -0.2) is 56.8 Å². The van der Waals surface area contributed by atoms with Gasteiger partial charge in [-0.3, -0.25) is 4.21 Å². The van der Waals surface area contributed by atoms with Crippen molar-refractivity contribution in [3.8, 4) is 5.88 Å². The van der Waals surface area contributed by atoms with Crippen molar-refractivity contribution >= 4 is 32.4 Å². The topological polar surface area (TPSA) is 55.3 Å². The van der Waals surface area contributed by atoms with Crippen LogP contribution in [0.4, 0.5) is 0 Å². The molecule has 1 fully saturated rings. The first-order valence-electron chi connectivity index (χ1n) is 10.0. The molecule has 2 heterocycles. The second kappa shape index (κ2) is 8.13. The van der Waals surface area contributed by atoms with Gasteiger partial charge in [0.2, 0.25) is 5.88 Å². The lowest BCUT2D eigenvalue weighted by molar-refractivity contribution is 0.108. The number of fused-ring (bicyclic) bond motifs is 3. The number of nitrogens with zero attached hydrogens (tertiary/aromatic N) is 3. The highest BCUT2D eigenvalue weighted by atomic mass is 32.2. The van der Waals surface area contributed by atoms with Crippen molar-refractivity contribution in [2.75, 3.05) is 25.6 Å². The van der Waals surface area contributed by atoms with Crippen LogP contribution in [0.2, 0.25) is 0 Å². The molecule has 4 rings (SSSR count). The van der Waals surface area contributed by atoms with Gasteiger partial charge in [0.1, 0.15) is 17.3 Å². The van der Waals surface area contributed by atoms with E-state index >= 15 is 0 Å². The molecule has 0 unspecified atom stereocenters. The first kappa shape index (κ1) is 19.3. The fourth-order valence-electron chi connectivity index (χ4n) is 4.48. The average molecular weight is 408 g/mol. The van der Waals surface area contributed by atoms with E-state index in [1.54, 1.807) is 17.7 Å². The fourth-order valence-corrected chi connectivity index (χ4v) is 6.72. The summed E-state index contributed by atoms with van der Waals surface area (Å²) in [6.45, 7) is 2.00. The number of rotatable bonds is 6. The van der Waals surface area contributed by atoms with E-state index in [2.05, 4.69) is 29.0 Å². The maximum absolute atomic E-state index is 12.2. The molecule has 2 aromatic heterocycles. The molecule has 7 heteroatoms. The molecule has 27 heavy (non-hydrogen) atoms. The third kappa shape index (κ3) is 3.91. The smallest absolute Gasteiger partial charge is 0.225 e. The molecule has 148 valence electrons. The minimum Gasteiger partial charge on any atom is -0.474 e. The summed E-state index contributed by atoms with van der Waals surface area (Å²) < 4.78 is 18.6. The molecule has 0 amide bonds. The average Bonchev–Trinajstić information content (AvgIpc) is 3.22. The van der Waals surface area contributed by atoms with Crippen LogP contribution in [0.5, 0.6) is 5.88 Å². The van der Waals surface area contributed by atoms with Crippen LogP contribution in [-0.2, 0) is 17.2 Å². The van der Waals surface area contributed by atoms with Crippen LogP contribution in [0.15, 0.2) is 6.33 Å². The molecule has 0 saturated heterocycles. The fraction of sp³-hybridized carbons (Fsp3) is 0.700. The van der Waals surface area contributed by atoms with Gasteiger partial charge in [-0.25, -0.2) is 9.97 Å². The Morgan fingerprint density at radius 2 is 2.00 bits per heavy atom. The Bertz CT molecular complexity index is 828. The zero-order chi connectivity index (χ0) is 19.0. The number of ether oxygens (including phenoxy) is 1. The maximum atomic E-state index is 12.2. The van der Waals surface area contributed by atoms with Gasteiger partial charge in [0.25, 0.3) is 0 Å². The van der Waals surface area contributed by atoms with Gasteiger partial charge in [-0.2, -0.15) is 0 Å². The Balaban J connectivity index is 1.58. The molecule has 1 saturated carbocycles. The number of thiophene rings is 1. The van der Waals surface area contributed by atoms with Crippen molar-refractivity contribution in [3.05, 3.63) is 16.8 Å².